The Kier molecular flexibility index (Phi) is 29.9. The van der Waals surface area contributed by atoms with Crippen molar-refractivity contribution in [2.24, 2.45) is 11.8 Å². The summed E-state index contributed by atoms with van der Waals surface area (Å²) in [4.78, 5) is 79.0. The minimum Gasteiger partial charge on any atom is -0.507 e. The van der Waals surface area contributed by atoms with Crippen molar-refractivity contribution < 1.29 is 48.5 Å². The van der Waals surface area contributed by atoms with Crippen LogP contribution in [0, 0.1) is 11.8 Å². The van der Waals surface area contributed by atoms with E-state index in [1.807, 2.05) is 48.5 Å². The molecular weight excluding hydrogens is 1170 g/mol. The van der Waals surface area contributed by atoms with E-state index in [-0.39, 0.29) is 93.2 Å². The third-order valence-corrected chi connectivity index (χ3v) is 19.3. The number of unbranched alkanes of at least 4 members (excludes halogenated alkanes) is 22. The molecule has 4 N–H and O–H groups in total. The molecule has 0 fully saturated rings. The second-order valence-corrected chi connectivity index (χ2v) is 26.4. The smallest absolute Gasteiger partial charge is 0.305 e. The molecule has 12 heteroatoms. The highest BCUT2D eigenvalue weighted by Gasteiger charge is 2.36. The zero-order valence-electron chi connectivity index (χ0n) is 56.3. The molecule has 2 aliphatic rings. The minimum atomic E-state index is -0.379. The van der Waals surface area contributed by atoms with Gasteiger partial charge in [0.05, 0.1) is 46.8 Å². The summed E-state index contributed by atoms with van der Waals surface area (Å²) in [7, 11) is 0. The third-order valence-electron chi connectivity index (χ3n) is 19.3. The number of fused-ring (bicyclic) bond motifs is 4. The standard InChI is InChI=1S/C82H104N2O10/c1-3-5-7-23-37-61(39-25-19-15-11-9-13-17-21-27-47-73(87)93-55-53-59-35-33-41-63(57-59)83-69-49-51-71(85)77-75(69)79(89)65-43-29-31-45-67(65)81(77)91)62(38-24-8-6-4-2)40-26-20-16-12-10-14-18-22-28-48-74(88)94-56-54-60-36-34-42-64(58-60)84-70-50-52-72(86)78-76(70)80(90)66-44-30-32-46-68(66)82(78)92/h29-36,41-46,49-52,57-58,61-62,83-86H,3-28,37-40,47-48,53-56H2,1-2H3. The number of esters is 2. The van der Waals surface area contributed by atoms with Crippen LogP contribution in [0.4, 0.5) is 22.7 Å². The molecule has 0 aliphatic heterocycles. The van der Waals surface area contributed by atoms with E-state index in [1.165, 1.54) is 166 Å². The average Bonchev–Trinajstić information content (AvgIpc) is 0.755. The fraction of sp³-hybridized carbons (Fsp3) is 0.488. The number of phenols is 2. The molecule has 0 aromatic heterocycles. The molecule has 502 valence electrons. The Morgan fingerprint density at radius 2 is 0.670 bits per heavy atom. The fourth-order valence-corrected chi connectivity index (χ4v) is 14.0. The van der Waals surface area contributed by atoms with Crippen molar-refractivity contribution >= 4 is 57.8 Å². The van der Waals surface area contributed by atoms with E-state index in [9.17, 15) is 39.0 Å². The van der Waals surface area contributed by atoms with E-state index in [0.717, 1.165) is 72.9 Å². The Morgan fingerprint density at radius 3 is 1.01 bits per heavy atom. The number of hydrogen-bond donors (Lipinski definition) is 4. The lowest BCUT2D eigenvalue weighted by Crippen LogP contribution is -2.22. The number of ketones is 4. The Balaban J connectivity index is 0.638. The highest BCUT2D eigenvalue weighted by atomic mass is 16.5. The molecule has 12 nitrogen and oxygen atoms in total. The summed E-state index contributed by atoms with van der Waals surface area (Å²) in [6.07, 6.45) is 39.9. The van der Waals surface area contributed by atoms with E-state index in [2.05, 4.69) is 24.5 Å². The Labute approximate surface area is 559 Å². The van der Waals surface area contributed by atoms with Gasteiger partial charge in [-0.25, -0.2) is 0 Å². The maximum atomic E-state index is 13.5. The van der Waals surface area contributed by atoms with Crippen LogP contribution < -0.4 is 10.6 Å². The number of phenolic OH excluding ortho intramolecular Hbond substituents is 2. The van der Waals surface area contributed by atoms with E-state index < -0.39 is 0 Å². The van der Waals surface area contributed by atoms with Crippen LogP contribution in [0.15, 0.2) is 121 Å². The second-order valence-electron chi connectivity index (χ2n) is 26.4. The molecule has 0 radical (unpaired) electrons. The van der Waals surface area contributed by atoms with Crippen LogP contribution in [0.2, 0.25) is 0 Å². The van der Waals surface area contributed by atoms with Gasteiger partial charge in [-0.15, -0.1) is 0 Å². The van der Waals surface area contributed by atoms with Crippen LogP contribution in [0.25, 0.3) is 0 Å². The summed E-state index contributed by atoms with van der Waals surface area (Å²) in [6.45, 7) is 5.20. The number of carbonyl (C=O) groups is 6. The Morgan fingerprint density at radius 1 is 0.362 bits per heavy atom. The van der Waals surface area contributed by atoms with Crippen molar-refractivity contribution in [1.82, 2.24) is 0 Å². The number of rotatable bonds is 45. The van der Waals surface area contributed by atoms with Gasteiger partial charge in [-0.2, -0.15) is 0 Å². The molecule has 0 amide bonds. The molecule has 94 heavy (non-hydrogen) atoms. The number of ether oxygens (including phenoxy) is 2. The van der Waals surface area contributed by atoms with Crippen molar-refractivity contribution in [3.8, 4) is 11.5 Å². The molecule has 6 aromatic carbocycles. The summed E-state index contributed by atoms with van der Waals surface area (Å²) < 4.78 is 11.3. The predicted octanol–water partition coefficient (Wildman–Crippen LogP) is 20.8. The van der Waals surface area contributed by atoms with Crippen LogP contribution >= 0.6 is 0 Å². The van der Waals surface area contributed by atoms with E-state index in [1.54, 1.807) is 60.7 Å². The molecule has 0 bridgehead atoms. The molecule has 6 aromatic rings. The minimum absolute atomic E-state index is 0.00962. The summed E-state index contributed by atoms with van der Waals surface area (Å²) in [5.74, 6) is -0.444. The monoisotopic (exact) mass is 1280 g/mol. The normalized spacial score (nSPS) is 13.0. The van der Waals surface area contributed by atoms with Gasteiger partial charge >= 0.3 is 11.9 Å². The molecule has 2 aliphatic carbocycles. The topological polar surface area (TPSA) is 185 Å². The van der Waals surface area contributed by atoms with Crippen LogP contribution in [0.3, 0.4) is 0 Å². The number of carbonyl (C=O) groups excluding carboxylic acids is 6. The predicted molar refractivity (Wildman–Crippen MR) is 378 cm³/mol. The van der Waals surface area contributed by atoms with Crippen LogP contribution in [0.5, 0.6) is 11.5 Å². The van der Waals surface area contributed by atoms with E-state index in [4.69, 9.17) is 9.47 Å². The molecule has 2 atom stereocenters. The first kappa shape index (κ1) is 72.0. The SMILES string of the molecule is CCCCCCC(CCCCCCCCCCCC(=O)OCCc1cccc(Nc2ccc(O)c3c2C(=O)c2ccccc2C3=O)c1)C(CCCCCC)CCCCCCCCCCCC(=O)OCCc1cccc(Nc2ccc(O)c3c2C(=O)c2ccccc2C3=O)c1. The van der Waals surface area contributed by atoms with Crippen molar-refractivity contribution in [2.75, 3.05) is 23.8 Å². The number of aromatic hydroxyl groups is 2. The lowest BCUT2D eigenvalue weighted by atomic mass is 9.78. The fourth-order valence-electron chi connectivity index (χ4n) is 14.0. The number of anilines is 4. The van der Waals surface area contributed by atoms with Gasteiger partial charge in [0, 0.05) is 59.3 Å². The number of benzene rings is 6. The van der Waals surface area contributed by atoms with E-state index in [0.29, 0.717) is 48.2 Å². The third kappa shape index (κ3) is 21.6. The second kappa shape index (κ2) is 39.1. The zero-order chi connectivity index (χ0) is 66.3. The van der Waals surface area contributed by atoms with Crippen LogP contribution in [-0.4, -0.2) is 58.5 Å². The molecule has 0 saturated heterocycles. The molecule has 0 saturated carbocycles. The maximum absolute atomic E-state index is 13.5. The largest absolute Gasteiger partial charge is 0.507 e. The van der Waals surface area contributed by atoms with Crippen molar-refractivity contribution in [3.63, 3.8) is 0 Å². The van der Waals surface area contributed by atoms with Crippen LogP contribution in [-0.2, 0) is 31.9 Å². The van der Waals surface area contributed by atoms with Gasteiger partial charge < -0.3 is 30.3 Å². The first-order chi connectivity index (χ1) is 45.9. The Hall–Kier alpha value is -7.86. The van der Waals surface area contributed by atoms with Crippen molar-refractivity contribution in [1.29, 1.82) is 0 Å². The van der Waals surface area contributed by atoms with Gasteiger partial charge in [0.2, 0.25) is 0 Å². The van der Waals surface area contributed by atoms with Crippen molar-refractivity contribution in [3.05, 3.63) is 177 Å². The summed E-state index contributed by atoms with van der Waals surface area (Å²) in [5, 5.41) is 27.8. The first-order valence-electron chi connectivity index (χ1n) is 36.1. The highest BCUT2D eigenvalue weighted by Crippen LogP contribution is 2.41. The summed E-state index contributed by atoms with van der Waals surface area (Å²) >= 11 is 0. The molecule has 8 rings (SSSR count). The quantitative estimate of drug-likeness (QED) is 0.0161. The lowest BCUT2D eigenvalue weighted by molar-refractivity contribution is -0.144. The van der Waals surface area contributed by atoms with Crippen molar-refractivity contribution in [2.45, 2.75) is 232 Å². The Bertz CT molecular complexity index is 3210. The summed E-state index contributed by atoms with van der Waals surface area (Å²) in [6, 6.07) is 34.8. The summed E-state index contributed by atoms with van der Waals surface area (Å²) in [5.41, 5.74) is 5.79. The highest BCUT2D eigenvalue weighted by molar-refractivity contribution is 6.32. The number of nitrogens with one attached hydrogen (secondary N) is 2. The van der Waals surface area contributed by atoms with E-state index >= 15 is 0 Å². The molecule has 0 spiro atoms. The van der Waals surface area contributed by atoms with Gasteiger partial charge in [-0.05, 0) is 84.3 Å². The van der Waals surface area contributed by atoms with Crippen LogP contribution in [0.1, 0.15) is 294 Å². The molecule has 2 unspecified atom stereocenters. The molecule has 0 heterocycles. The van der Waals surface area contributed by atoms with Gasteiger partial charge in [-0.3, -0.25) is 28.8 Å². The van der Waals surface area contributed by atoms with Gasteiger partial charge in [0.15, 0.2) is 23.1 Å². The van der Waals surface area contributed by atoms with Gasteiger partial charge in [0.1, 0.15) is 11.5 Å². The van der Waals surface area contributed by atoms with Gasteiger partial charge in [0.25, 0.3) is 0 Å². The zero-order valence-corrected chi connectivity index (χ0v) is 56.3. The van der Waals surface area contributed by atoms with Gasteiger partial charge in [-0.1, -0.05) is 266 Å². The molecular formula is C82H104N2O10. The first-order valence-corrected chi connectivity index (χ1v) is 36.1. The average molecular weight is 1280 g/mol. The lowest BCUT2D eigenvalue weighted by Gasteiger charge is -2.28. The maximum Gasteiger partial charge on any atom is 0.305 e. The number of hydrogen-bond acceptors (Lipinski definition) is 12.